The van der Waals surface area contributed by atoms with Crippen LogP contribution in [0.5, 0.6) is 0 Å². The van der Waals surface area contributed by atoms with Gasteiger partial charge in [-0.3, -0.25) is 9.59 Å². The maximum absolute atomic E-state index is 12.2. The second-order valence-electron chi connectivity index (χ2n) is 7.36. The van der Waals surface area contributed by atoms with Gasteiger partial charge >= 0.3 is 5.97 Å². The Balaban J connectivity index is 2.97. The van der Waals surface area contributed by atoms with Crippen molar-refractivity contribution in [2.75, 3.05) is 14.1 Å². The summed E-state index contributed by atoms with van der Waals surface area (Å²) in [5.41, 5.74) is 5.98. The van der Waals surface area contributed by atoms with E-state index in [1.165, 1.54) is 0 Å². The molecule has 4 heteroatoms. The number of aliphatic carboxylic acids is 1. The zero-order chi connectivity index (χ0) is 20.8. The molecule has 1 N–H and O–H groups in total. The largest absolute Gasteiger partial charge is 0.481 e. The van der Waals surface area contributed by atoms with Crippen LogP contribution in [0.3, 0.4) is 0 Å². The van der Waals surface area contributed by atoms with E-state index in [1.54, 1.807) is 6.07 Å². The highest BCUT2D eigenvalue weighted by Crippen LogP contribution is 2.36. The average Bonchev–Trinajstić information content (AvgIpc) is 2.65. The van der Waals surface area contributed by atoms with Crippen molar-refractivity contribution in [2.24, 2.45) is 5.92 Å². The number of aldehydes is 1. The summed E-state index contributed by atoms with van der Waals surface area (Å²) >= 11 is 0. The summed E-state index contributed by atoms with van der Waals surface area (Å²) in [6.07, 6.45) is 2.12. The number of carboxylic acids is 1. The van der Waals surface area contributed by atoms with Crippen molar-refractivity contribution in [3.8, 4) is 0 Å². The number of hydrogen-bond acceptors (Lipinski definition) is 3. The van der Waals surface area contributed by atoms with Gasteiger partial charge in [0.25, 0.3) is 0 Å². The van der Waals surface area contributed by atoms with E-state index in [-0.39, 0.29) is 0 Å². The highest BCUT2D eigenvalue weighted by molar-refractivity contribution is 5.94. The van der Waals surface area contributed by atoms with Gasteiger partial charge in [-0.2, -0.15) is 0 Å². The van der Waals surface area contributed by atoms with Crippen LogP contribution in [0.1, 0.15) is 52.4 Å². The third-order valence-electron chi connectivity index (χ3n) is 4.95. The maximum Gasteiger partial charge on any atom is 0.312 e. The second-order valence-corrected chi connectivity index (χ2v) is 7.36. The molecule has 0 saturated heterocycles. The van der Waals surface area contributed by atoms with Gasteiger partial charge in [0, 0.05) is 30.9 Å². The van der Waals surface area contributed by atoms with Crippen LogP contribution in [0.25, 0.3) is 5.57 Å². The fourth-order valence-electron chi connectivity index (χ4n) is 3.72. The third kappa shape index (κ3) is 4.50. The van der Waals surface area contributed by atoms with Crippen LogP contribution in [0.4, 0.5) is 0 Å². The highest BCUT2D eigenvalue weighted by atomic mass is 16.4. The molecule has 0 aliphatic carbocycles. The lowest BCUT2D eigenvalue weighted by Crippen LogP contribution is -2.27. The van der Waals surface area contributed by atoms with Crippen molar-refractivity contribution in [1.82, 2.24) is 4.90 Å². The molecule has 1 atom stereocenters. The summed E-state index contributed by atoms with van der Waals surface area (Å²) in [6.45, 7) is 6.04. The molecule has 2 aromatic rings. The van der Waals surface area contributed by atoms with Crippen LogP contribution < -0.4 is 0 Å². The first-order chi connectivity index (χ1) is 13.3. The summed E-state index contributed by atoms with van der Waals surface area (Å²) < 4.78 is 0. The molecular weight excluding hydrogens is 350 g/mol. The van der Waals surface area contributed by atoms with Gasteiger partial charge in [0.05, 0.1) is 5.92 Å². The molecule has 0 aromatic heterocycles. The average molecular weight is 380 g/mol. The molecule has 2 aromatic carbocycles. The molecule has 148 valence electrons. The molecule has 2 rings (SSSR count). The monoisotopic (exact) mass is 379 g/mol. The van der Waals surface area contributed by atoms with E-state index in [9.17, 15) is 14.7 Å². The Morgan fingerprint density at radius 3 is 2.32 bits per heavy atom. The second kappa shape index (κ2) is 9.36. The fraction of sp³-hybridized carbons (Fsp3) is 0.333. The standard InChI is InChI=1S/C24H29NO3/c1-6-9-21(24(27)28)23(25(4)5)22(19-13-12-16(2)14-17(19)3)20-11-8-7-10-18(20)15-26/h7-8,10-15,21H,6,9H2,1-5H3,(H,27,28)/b23-22-. The van der Waals surface area contributed by atoms with Gasteiger partial charge in [-0.15, -0.1) is 0 Å². The third-order valence-corrected chi connectivity index (χ3v) is 4.95. The minimum absolute atomic E-state index is 0.528. The maximum atomic E-state index is 12.2. The van der Waals surface area contributed by atoms with E-state index in [4.69, 9.17) is 0 Å². The van der Waals surface area contributed by atoms with E-state index in [0.717, 1.165) is 46.2 Å². The Morgan fingerprint density at radius 2 is 1.79 bits per heavy atom. The summed E-state index contributed by atoms with van der Waals surface area (Å²) in [6, 6.07) is 13.5. The zero-order valence-electron chi connectivity index (χ0n) is 17.3. The summed E-state index contributed by atoms with van der Waals surface area (Å²) in [4.78, 5) is 25.8. The molecule has 0 spiro atoms. The minimum atomic E-state index is -0.851. The smallest absolute Gasteiger partial charge is 0.312 e. The number of carbonyl (C=O) groups is 2. The van der Waals surface area contributed by atoms with E-state index >= 15 is 0 Å². The van der Waals surface area contributed by atoms with Crippen molar-refractivity contribution in [3.63, 3.8) is 0 Å². The predicted octanol–water partition coefficient (Wildman–Crippen LogP) is 4.94. The number of benzene rings is 2. The summed E-state index contributed by atoms with van der Waals surface area (Å²) in [7, 11) is 3.74. The predicted molar refractivity (Wildman–Crippen MR) is 113 cm³/mol. The minimum Gasteiger partial charge on any atom is -0.481 e. The lowest BCUT2D eigenvalue weighted by molar-refractivity contribution is -0.141. The normalized spacial score (nSPS) is 12.9. The molecule has 0 radical (unpaired) electrons. The Bertz CT molecular complexity index is 896. The van der Waals surface area contributed by atoms with Gasteiger partial charge in [0.2, 0.25) is 0 Å². The first-order valence-electron chi connectivity index (χ1n) is 9.58. The number of nitrogens with zero attached hydrogens (tertiary/aromatic N) is 1. The number of aryl methyl sites for hydroxylation is 2. The Labute approximate surface area is 167 Å². The topological polar surface area (TPSA) is 57.6 Å². The SMILES string of the molecule is CCCC(C(=O)O)/C(=C(\c1ccc(C)cc1C)c1ccccc1C=O)N(C)C. The lowest BCUT2D eigenvalue weighted by atomic mass is 9.84. The molecule has 4 nitrogen and oxygen atoms in total. The number of carbonyl (C=O) groups excluding carboxylic acids is 1. The van der Waals surface area contributed by atoms with Crippen molar-refractivity contribution in [1.29, 1.82) is 0 Å². The molecule has 0 fully saturated rings. The van der Waals surface area contributed by atoms with Gasteiger partial charge in [0.1, 0.15) is 0 Å². The van der Waals surface area contributed by atoms with Crippen molar-refractivity contribution in [2.45, 2.75) is 33.6 Å². The molecule has 0 bridgehead atoms. The van der Waals surface area contributed by atoms with Gasteiger partial charge in [-0.25, -0.2) is 0 Å². The summed E-state index contributed by atoms with van der Waals surface area (Å²) in [5.74, 6) is -1.51. The molecule has 0 aliphatic rings. The Kier molecular flexibility index (Phi) is 7.16. The first-order valence-corrected chi connectivity index (χ1v) is 9.58. The van der Waals surface area contributed by atoms with Gasteiger partial charge in [-0.05, 0) is 37.0 Å². The van der Waals surface area contributed by atoms with Gasteiger partial charge in [-0.1, -0.05) is 61.4 Å². The highest BCUT2D eigenvalue weighted by Gasteiger charge is 2.29. The van der Waals surface area contributed by atoms with E-state index < -0.39 is 11.9 Å². The molecule has 1 unspecified atom stereocenters. The zero-order valence-corrected chi connectivity index (χ0v) is 17.3. The number of rotatable bonds is 8. The van der Waals surface area contributed by atoms with Crippen LogP contribution in [-0.4, -0.2) is 36.4 Å². The molecule has 0 heterocycles. The molecule has 0 saturated carbocycles. The van der Waals surface area contributed by atoms with E-state index in [0.29, 0.717) is 12.0 Å². The van der Waals surface area contributed by atoms with Crippen molar-refractivity contribution < 1.29 is 14.7 Å². The molecule has 28 heavy (non-hydrogen) atoms. The lowest BCUT2D eigenvalue weighted by Gasteiger charge is -2.29. The molecule has 0 aliphatic heterocycles. The van der Waals surface area contributed by atoms with E-state index in [1.807, 2.05) is 70.1 Å². The van der Waals surface area contributed by atoms with Crippen molar-refractivity contribution >= 4 is 17.8 Å². The fourth-order valence-corrected chi connectivity index (χ4v) is 3.72. The van der Waals surface area contributed by atoms with Crippen LogP contribution >= 0.6 is 0 Å². The van der Waals surface area contributed by atoms with Gasteiger partial charge < -0.3 is 10.0 Å². The quantitative estimate of drug-likeness (QED) is 0.660. The van der Waals surface area contributed by atoms with Crippen LogP contribution in [0, 0.1) is 19.8 Å². The van der Waals surface area contributed by atoms with Crippen molar-refractivity contribution in [3.05, 3.63) is 76.0 Å². The van der Waals surface area contributed by atoms with Crippen LogP contribution in [0.15, 0.2) is 48.2 Å². The summed E-state index contributed by atoms with van der Waals surface area (Å²) in [5, 5.41) is 9.98. The number of hydrogen-bond donors (Lipinski definition) is 1. The Hall–Kier alpha value is -2.88. The van der Waals surface area contributed by atoms with Crippen LogP contribution in [0.2, 0.25) is 0 Å². The molecular formula is C24H29NO3. The Morgan fingerprint density at radius 1 is 1.11 bits per heavy atom. The molecule has 0 amide bonds. The first kappa shape index (κ1) is 21.4. The number of carboxylic acid groups (broad SMARTS) is 1. The van der Waals surface area contributed by atoms with Gasteiger partial charge in [0.15, 0.2) is 6.29 Å². The van der Waals surface area contributed by atoms with Crippen LogP contribution in [-0.2, 0) is 4.79 Å². The van der Waals surface area contributed by atoms with E-state index in [2.05, 4.69) is 6.07 Å².